The van der Waals surface area contributed by atoms with Crippen LogP contribution < -0.4 is 11.1 Å². The van der Waals surface area contributed by atoms with Crippen LogP contribution in [0.1, 0.15) is 40.0 Å². The lowest BCUT2D eigenvalue weighted by atomic mass is 10.1. The first-order chi connectivity index (χ1) is 7.51. The SMILES string of the molecule is CCC(C)OC(=O)[C@H](CCCN)NC(C)=O. The lowest BCUT2D eigenvalue weighted by Crippen LogP contribution is -2.42. The number of nitrogens with two attached hydrogens (primary N) is 1. The highest BCUT2D eigenvalue weighted by Gasteiger charge is 2.21. The minimum atomic E-state index is -0.574. The summed E-state index contributed by atoms with van der Waals surface area (Å²) >= 11 is 0. The third kappa shape index (κ3) is 6.40. The number of carbonyl (C=O) groups is 2. The molecule has 0 aliphatic heterocycles. The topological polar surface area (TPSA) is 81.4 Å². The summed E-state index contributed by atoms with van der Waals surface area (Å²) in [7, 11) is 0. The first kappa shape index (κ1) is 14.9. The van der Waals surface area contributed by atoms with Gasteiger partial charge in [-0.05, 0) is 32.7 Å². The molecule has 0 aromatic heterocycles. The van der Waals surface area contributed by atoms with Gasteiger partial charge in [0, 0.05) is 6.92 Å². The smallest absolute Gasteiger partial charge is 0.328 e. The summed E-state index contributed by atoms with van der Waals surface area (Å²) in [4.78, 5) is 22.6. The molecule has 1 unspecified atom stereocenters. The van der Waals surface area contributed by atoms with Crippen LogP contribution in [0.25, 0.3) is 0 Å². The van der Waals surface area contributed by atoms with Crippen LogP contribution in [-0.4, -0.2) is 30.6 Å². The van der Waals surface area contributed by atoms with E-state index in [1.807, 2.05) is 13.8 Å². The summed E-state index contributed by atoms with van der Waals surface area (Å²) in [6, 6.07) is -0.574. The number of hydrogen-bond acceptors (Lipinski definition) is 4. The van der Waals surface area contributed by atoms with E-state index < -0.39 is 6.04 Å². The van der Waals surface area contributed by atoms with Crippen molar-refractivity contribution >= 4 is 11.9 Å². The Morgan fingerprint density at radius 2 is 2.06 bits per heavy atom. The average molecular weight is 230 g/mol. The Labute approximate surface area is 96.7 Å². The molecule has 5 heteroatoms. The number of ether oxygens (including phenoxy) is 1. The molecule has 0 heterocycles. The number of carbonyl (C=O) groups excluding carboxylic acids is 2. The van der Waals surface area contributed by atoms with Gasteiger partial charge in [0.15, 0.2) is 0 Å². The molecule has 0 fully saturated rings. The van der Waals surface area contributed by atoms with E-state index in [9.17, 15) is 9.59 Å². The monoisotopic (exact) mass is 230 g/mol. The van der Waals surface area contributed by atoms with Crippen LogP contribution in [0.3, 0.4) is 0 Å². The third-order valence-corrected chi connectivity index (χ3v) is 2.25. The van der Waals surface area contributed by atoms with Gasteiger partial charge in [-0.3, -0.25) is 4.79 Å². The van der Waals surface area contributed by atoms with Gasteiger partial charge in [0.05, 0.1) is 6.10 Å². The second-order valence-electron chi connectivity index (χ2n) is 3.84. The van der Waals surface area contributed by atoms with E-state index in [4.69, 9.17) is 10.5 Å². The second kappa shape index (κ2) is 8.10. The van der Waals surface area contributed by atoms with Crippen molar-refractivity contribution in [1.82, 2.24) is 5.32 Å². The Balaban J connectivity index is 4.25. The molecular formula is C11H22N2O3. The summed E-state index contributed by atoms with van der Waals surface area (Å²) in [5, 5.41) is 2.57. The van der Waals surface area contributed by atoms with Gasteiger partial charge < -0.3 is 15.8 Å². The van der Waals surface area contributed by atoms with Crippen molar-refractivity contribution in [2.24, 2.45) is 5.73 Å². The molecule has 5 nitrogen and oxygen atoms in total. The van der Waals surface area contributed by atoms with Gasteiger partial charge in [-0.25, -0.2) is 4.79 Å². The highest BCUT2D eigenvalue weighted by Crippen LogP contribution is 2.04. The molecule has 0 aliphatic carbocycles. The van der Waals surface area contributed by atoms with Crippen LogP contribution in [0.15, 0.2) is 0 Å². The van der Waals surface area contributed by atoms with Crippen molar-refractivity contribution in [3.05, 3.63) is 0 Å². The fourth-order valence-corrected chi connectivity index (χ4v) is 1.18. The standard InChI is InChI=1S/C11H22N2O3/c1-4-8(2)16-11(15)10(6-5-7-12)13-9(3)14/h8,10H,4-7,12H2,1-3H3,(H,13,14)/t8?,10-/m0/s1. The number of nitrogens with one attached hydrogen (secondary N) is 1. The predicted octanol–water partition coefficient (Wildman–Crippen LogP) is 0.572. The molecule has 94 valence electrons. The molecule has 0 saturated heterocycles. The molecule has 0 spiro atoms. The lowest BCUT2D eigenvalue weighted by Gasteiger charge is -2.19. The van der Waals surface area contributed by atoms with Crippen LogP contribution in [0.2, 0.25) is 0 Å². The van der Waals surface area contributed by atoms with Crippen molar-refractivity contribution in [2.75, 3.05) is 6.54 Å². The van der Waals surface area contributed by atoms with Crippen molar-refractivity contribution in [2.45, 2.75) is 52.2 Å². The third-order valence-electron chi connectivity index (χ3n) is 2.25. The number of amides is 1. The minimum Gasteiger partial charge on any atom is -0.461 e. The highest BCUT2D eigenvalue weighted by atomic mass is 16.5. The fraction of sp³-hybridized carbons (Fsp3) is 0.818. The average Bonchev–Trinajstić information content (AvgIpc) is 2.23. The Hall–Kier alpha value is -1.10. The highest BCUT2D eigenvalue weighted by molar-refractivity contribution is 5.83. The van der Waals surface area contributed by atoms with Crippen LogP contribution in [0.5, 0.6) is 0 Å². The van der Waals surface area contributed by atoms with Crippen molar-refractivity contribution in [1.29, 1.82) is 0 Å². The normalized spacial score (nSPS) is 14.0. The van der Waals surface area contributed by atoms with E-state index in [0.717, 1.165) is 6.42 Å². The van der Waals surface area contributed by atoms with Gasteiger partial charge in [-0.1, -0.05) is 6.92 Å². The summed E-state index contributed by atoms with van der Waals surface area (Å²) < 4.78 is 5.17. The van der Waals surface area contributed by atoms with Gasteiger partial charge in [0.25, 0.3) is 0 Å². The van der Waals surface area contributed by atoms with Crippen molar-refractivity contribution in [3.63, 3.8) is 0 Å². The van der Waals surface area contributed by atoms with Gasteiger partial charge in [0.2, 0.25) is 5.91 Å². The zero-order valence-electron chi connectivity index (χ0n) is 10.3. The fourth-order valence-electron chi connectivity index (χ4n) is 1.18. The molecule has 2 atom stereocenters. The molecule has 0 aromatic rings. The largest absolute Gasteiger partial charge is 0.461 e. The Morgan fingerprint density at radius 3 is 2.50 bits per heavy atom. The van der Waals surface area contributed by atoms with Crippen LogP contribution in [0, 0.1) is 0 Å². The summed E-state index contributed by atoms with van der Waals surface area (Å²) in [5.74, 6) is -0.610. The van der Waals surface area contributed by atoms with Gasteiger partial charge in [0.1, 0.15) is 6.04 Å². The minimum absolute atomic E-state index is 0.123. The molecule has 1 amide bonds. The van der Waals surface area contributed by atoms with E-state index in [-0.39, 0.29) is 18.0 Å². The molecule has 3 N–H and O–H groups in total. The van der Waals surface area contributed by atoms with Crippen molar-refractivity contribution in [3.8, 4) is 0 Å². The second-order valence-corrected chi connectivity index (χ2v) is 3.84. The quantitative estimate of drug-likeness (QED) is 0.626. The van der Waals surface area contributed by atoms with E-state index in [2.05, 4.69) is 5.32 Å². The number of hydrogen-bond donors (Lipinski definition) is 2. The van der Waals surface area contributed by atoms with E-state index in [1.54, 1.807) is 0 Å². The van der Waals surface area contributed by atoms with Gasteiger partial charge in [-0.2, -0.15) is 0 Å². The van der Waals surface area contributed by atoms with E-state index in [1.165, 1.54) is 6.92 Å². The lowest BCUT2D eigenvalue weighted by molar-refractivity contribution is -0.152. The van der Waals surface area contributed by atoms with Crippen LogP contribution in [-0.2, 0) is 14.3 Å². The van der Waals surface area contributed by atoms with E-state index in [0.29, 0.717) is 19.4 Å². The molecule has 0 aromatic carbocycles. The molecule has 0 rings (SSSR count). The maximum Gasteiger partial charge on any atom is 0.328 e. The maximum absolute atomic E-state index is 11.7. The molecule has 0 aliphatic rings. The molecule has 0 saturated carbocycles. The zero-order valence-corrected chi connectivity index (χ0v) is 10.3. The molecular weight excluding hydrogens is 208 g/mol. The van der Waals surface area contributed by atoms with Crippen LogP contribution in [0.4, 0.5) is 0 Å². The summed E-state index contributed by atoms with van der Waals surface area (Å²) in [5.41, 5.74) is 5.37. The van der Waals surface area contributed by atoms with Crippen LogP contribution >= 0.6 is 0 Å². The van der Waals surface area contributed by atoms with Gasteiger partial charge in [-0.15, -0.1) is 0 Å². The summed E-state index contributed by atoms with van der Waals surface area (Å²) in [6.45, 7) is 5.63. The summed E-state index contributed by atoms with van der Waals surface area (Å²) in [6.07, 6.45) is 1.84. The maximum atomic E-state index is 11.7. The Bertz CT molecular complexity index is 231. The predicted molar refractivity (Wildman–Crippen MR) is 61.7 cm³/mol. The van der Waals surface area contributed by atoms with Gasteiger partial charge >= 0.3 is 5.97 Å². The number of esters is 1. The van der Waals surface area contributed by atoms with Crippen molar-refractivity contribution < 1.29 is 14.3 Å². The zero-order chi connectivity index (χ0) is 12.6. The Kier molecular flexibility index (Phi) is 7.54. The molecule has 16 heavy (non-hydrogen) atoms. The Morgan fingerprint density at radius 1 is 1.44 bits per heavy atom. The first-order valence-corrected chi connectivity index (χ1v) is 5.68. The molecule has 0 bridgehead atoms. The molecule has 0 radical (unpaired) electrons. The first-order valence-electron chi connectivity index (χ1n) is 5.68. The van der Waals surface area contributed by atoms with E-state index >= 15 is 0 Å². The number of rotatable bonds is 7.